The van der Waals surface area contributed by atoms with Crippen molar-refractivity contribution in [3.8, 4) is 17.4 Å². The van der Waals surface area contributed by atoms with E-state index in [1.54, 1.807) is 38.1 Å². The van der Waals surface area contributed by atoms with Gasteiger partial charge in [-0.1, -0.05) is 29.8 Å². The van der Waals surface area contributed by atoms with Crippen LogP contribution < -0.4 is 14.4 Å². The Bertz CT molecular complexity index is 1100. The summed E-state index contributed by atoms with van der Waals surface area (Å²) in [6.45, 7) is 7.88. The molecule has 172 valence electrons. The molecule has 2 aromatic carbocycles. The molecule has 0 saturated carbocycles. The highest BCUT2D eigenvalue weighted by Crippen LogP contribution is 2.26. The van der Waals surface area contributed by atoms with Gasteiger partial charge < -0.3 is 19.3 Å². The number of amides is 1. The van der Waals surface area contributed by atoms with Gasteiger partial charge in [-0.3, -0.25) is 4.79 Å². The van der Waals surface area contributed by atoms with E-state index in [-0.39, 0.29) is 5.91 Å². The van der Waals surface area contributed by atoms with Crippen molar-refractivity contribution >= 4 is 23.3 Å². The van der Waals surface area contributed by atoms with Crippen molar-refractivity contribution < 1.29 is 14.3 Å². The van der Waals surface area contributed by atoms with Crippen molar-refractivity contribution in [2.75, 3.05) is 31.1 Å². The van der Waals surface area contributed by atoms with Crippen molar-refractivity contribution in [2.45, 2.75) is 26.4 Å². The van der Waals surface area contributed by atoms with Crippen LogP contribution in [0.25, 0.3) is 0 Å². The number of aryl methyl sites for hydroxylation is 1. The first-order valence-corrected chi connectivity index (χ1v) is 11.3. The van der Waals surface area contributed by atoms with E-state index in [1.807, 2.05) is 48.2 Å². The highest BCUT2D eigenvalue weighted by Gasteiger charge is 2.36. The molecule has 0 unspecified atom stereocenters. The monoisotopic (exact) mass is 466 g/mol. The fourth-order valence-corrected chi connectivity index (χ4v) is 3.84. The SMILES string of the molecule is Cc1nc(Oc2ccccc2)cc(N2CCN(C(=O)C(C)(C)Oc3ccc(Cl)cc3)CC2)n1. The predicted molar refractivity (Wildman–Crippen MR) is 128 cm³/mol. The van der Waals surface area contributed by atoms with E-state index in [4.69, 9.17) is 21.1 Å². The maximum atomic E-state index is 13.2. The molecule has 0 bridgehead atoms. The van der Waals surface area contributed by atoms with E-state index in [2.05, 4.69) is 14.9 Å². The minimum Gasteiger partial charge on any atom is -0.478 e. The van der Waals surface area contributed by atoms with Gasteiger partial charge in [0.15, 0.2) is 5.60 Å². The Kier molecular flexibility index (Phi) is 6.70. The number of hydrogen-bond donors (Lipinski definition) is 0. The first-order valence-electron chi connectivity index (χ1n) is 10.9. The summed E-state index contributed by atoms with van der Waals surface area (Å²) in [6, 6.07) is 18.4. The summed E-state index contributed by atoms with van der Waals surface area (Å²) in [5.74, 6) is 3.20. The van der Waals surface area contributed by atoms with Crippen LogP contribution in [0.3, 0.4) is 0 Å². The predicted octanol–water partition coefficient (Wildman–Crippen LogP) is 4.74. The number of nitrogens with zero attached hydrogens (tertiary/aromatic N) is 4. The summed E-state index contributed by atoms with van der Waals surface area (Å²) in [7, 11) is 0. The molecule has 0 spiro atoms. The third kappa shape index (κ3) is 5.73. The molecule has 4 rings (SSSR count). The number of ether oxygens (including phenoxy) is 2. The number of carbonyl (C=O) groups excluding carboxylic acids is 1. The molecular formula is C25H27ClN4O3. The average molecular weight is 467 g/mol. The van der Waals surface area contributed by atoms with Crippen LogP contribution in [-0.2, 0) is 4.79 Å². The molecule has 7 nitrogen and oxygen atoms in total. The third-order valence-electron chi connectivity index (χ3n) is 5.36. The van der Waals surface area contributed by atoms with Crippen LogP contribution in [-0.4, -0.2) is 52.6 Å². The number of aromatic nitrogens is 2. The van der Waals surface area contributed by atoms with Gasteiger partial charge in [-0.2, -0.15) is 4.98 Å². The number of para-hydroxylation sites is 1. The van der Waals surface area contributed by atoms with E-state index in [1.165, 1.54) is 0 Å². The molecule has 2 heterocycles. The summed E-state index contributed by atoms with van der Waals surface area (Å²) in [6.07, 6.45) is 0. The first-order chi connectivity index (χ1) is 15.8. The van der Waals surface area contributed by atoms with Crippen LogP contribution in [0, 0.1) is 6.92 Å². The van der Waals surface area contributed by atoms with E-state index >= 15 is 0 Å². The Morgan fingerprint density at radius 2 is 1.61 bits per heavy atom. The van der Waals surface area contributed by atoms with Crippen molar-refractivity contribution in [3.63, 3.8) is 0 Å². The molecule has 1 aliphatic rings. The molecule has 0 atom stereocenters. The molecule has 33 heavy (non-hydrogen) atoms. The van der Waals surface area contributed by atoms with E-state index in [0.29, 0.717) is 48.7 Å². The Balaban J connectivity index is 1.39. The lowest BCUT2D eigenvalue weighted by atomic mass is 10.1. The van der Waals surface area contributed by atoms with Crippen LogP contribution in [0.1, 0.15) is 19.7 Å². The molecule has 3 aromatic rings. The molecule has 1 amide bonds. The van der Waals surface area contributed by atoms with Crippen LogP contribution >= 0.6 is 11.6 Å². The minimum absolute atomic E-state index is 0.0518. The van der Waals surface area contributed by atoms with E-state index in [0.717, 1.165) is 11.6 Å². The average Bonchev–Trinajstić information content (AvgIpc) is 2.80. The molecule has 1 fully saturated rings. The van der Waals surface area contributed by atoms with Crippen molar-refractivity contribution in [1.29, 1.82) is 0 Å². The molecule has 0 radical (unpaired) electrons. The molecule has 1 aromatic heterocycles. The molecule has 0 N–H and O–H groups in total. The lowest BCUT2D eigenvalue weighted by Crippen LogP contribution is -2.56. The topological polar surface area (TPSA) is 67.8 Å². The number of halogens is 1. The number of anilines is 1. The van der Waals surface area contributed by atoms with Crippen molar-refractivity contribution in [3.05, 3.63) is 71.5 Å². The lowest BCUT2D eigenvalue weighted by Gasteiger charge is -2.39. The Morgan fingerprint density at radius 3 is 2.27 bits per heavy atom. The zero-order valence-corrected chi connectivity index (χ0v) is 19.7. The number of rotatable bonds is 6. The first kappa shape index (κ1) is 22.9. The summed E-state index contributed by atoms with van der Waals surface area (Å²) in [4.78, 5) is 26.1. The highest BCUT2D eigenvalue weighted by atomic mass is 35.5. The van der Waals surface area contributed by atoms with E-state index < -0.39 is 5.60 Å². The Morgan fingerprint density at radius 1 is 0.939 bits per heavy atom. The second-order valence-electron chi connectivity index (χ2n) is 8.37. The lowest BCUT2D eigenvalue weighted by molar-refractivity contribution is -0.145. The minimum atomic E-state index is -0.988. The summed E-state index contributed by atoms with van der Waals surface area (Å²) in [5, 5.41) is 0.625. The highest BCUT2D eigenvalue weighted by molar-refractivity contribution is 6.30. The molecule has 0 aliphatic carbocycles. The van der Waals surface area contributed by atoms with Gasteiger partial charge in [0, 0.05) is 37.3 Å². The molecule has 1 saturated heterocycles. The number of piperazine rings is 1. The zero-order valence-electron chi connectivity index (χ0n) is 19.0. The number of carbonyl (C=O) groups is 1. The maximum absolute atomic E-state index is 13.2. The van der Waals surface area contributed by atoms with Gasteiger partial charge in [-0.05, 0) is 57.2 Å². The fraction of sp³-hybridized carbons (Fsp3) is 0.320. The normalized spacial score (nSPS) is 14.2. The Labute approximate surface area is 198 Å². The molecular weight excluding hydrogens is 440 g/mol. The summed E-state index contributed by atoms with van der Waals surface area (Å²) < 4.78 is 11.9. The number of benzene rings is 2. The van der Waals surface area contributed by atoms with Gasteiger partial charge in [0.05, 0.1) is 0 Å². The second kappa shape index (κ2) is 9.67. The Hall–Kier alpha value is -3.32. The van der Waals surface area contributed by atoms with Crippen LogP contribution in [0.15, 0.2) is 60.7 Å². The van der Waals surface area contributed by atoms with Gasteiger partial charge in [-0.15, -0.1) is 0 Å². The van der Waals surface area contributed by atoms with Crippen LogP contribution in [0.5, 0.6) is 17.4 Å². The largest absolute Gasteiger partial charge is 0.478 e. The van der Waals surface area contributed by atoms with Gasteiger partial charge in [-0.25, -0.2) is 4.98 Å². The van der Waals surface area contributed by atoms with Gasteiger partial charge in [0.1, 0.15) is 23.1 Å². The smallest absolute Gasteiger partial charge is 0.266 e. The molecule has 1 aliphatic heterocycles. The maximum Gasteiger partial charge on any atom is 0.266 e. The quantitative estimate of drug-likeness (QED) is 0.523. The van der Waals surface area contributed by atoms with E-state index in [9.17, 15) is 4.79 Å². The summed E-state index contributed by atoms with van der Waals surface area (Å²) >= 11 is 5.94. The van der Waals surface area contributed by atoms with Crippen LogP contribution in [0.2, 0.25) is 5.02 Å². The fourth-order valence-electron chi connectivity index (χ4n) is 3.71. The third-order valence-corrected chi connectivity index (χ3v) is 5.61. The van der Waals surface area contributed by atoms with Crippen LogP contribution in [0.4, 0.5) is 5.82 Å². The number of hydrogen-bond acceptors (Lipinski definition) is 6. The van der Waals surface area contributed by atoms with Gasteiger partial charge in [0.2, 0.25) is 5.88 Å². The van der Waals surface area contributed by atoms with Crippen molar-refractivity contribution in [2.24, 2.45) is 0 Å². The van der Waals surface area contributed by atoms with Gasteiger partial charge in [0.25, 0.3) is 5.91 Å². The standard InChI is InChI=1S/C25H27ClN4O3/c1-18-27-22(17-23(28-18)32-20-7-5-4-6-8-20)29-13-15-30(16-14-29)24(31)25(2,3)33-21-11-9-19(26)10-12-21/h4-12,17H,13-16H2,1-3H3. The zero-order chi connectivity index (χ0) is 23.4. The second-order valence-corrected chi connectivity index (χ2v) is 8.81. The molecule has 8 heteroatoms. The van der Waals surface area contributed by atoms with Gasteiger partial charge >= 0.3 is 0 Å². The van der Waals surface area contributed by atoms with Crippen molar-refractivity contribution in [1.82, 2.24) is 14.9 Å². The summed E-state index contributed by atoms with van der Waals surface area (Å²) in [5.41, 5.74) is -0.988.